The van der Waals surface area contributed by atoms with Crippen molar-refractivity contribution in [1.29, 1.82) is 0 Å². The van der Waals surface area contributed by atoms with Gasteiger partial charge in [0.1, 0.15) is 0 Å². The molecule has 1 aromatic carbocycles. The summed E-state index contributed by atoms with van der Waals surface area (Å²) in [5.41, 5.74) is 1.50. The number of nitrogens with zero attached hydrogens (tertiary/aromatic N) is 4. The lowest BCUT2D eigenvalue weighted by Gasteiger charge is -2.11. The number of hydrogen-bond acceptors (Lipinski definition) is 8. The normalized spacial score (nSPS) is 10.8. The Morgan fingerprint density at radius 3 is 2.64 bits per heavy atom. The van der Waals surface area contributed by atoms with E-state index >= 15 is 0 Å². The van der Waals surface area contributed by atoms with Gasteiger partial charge in [0.25, 0.3) is 0 Å². The second kappa shape index (κ2) is 6.67. The highest BCUT2D eigenvalue weighted by molar-refractivity contribution is 9.10. The van der Waals surface area contributed by atoms with E-state index in [1.165, 1.54) is 0 Å². The number of aliphatic hydroxyl groups excluding tert-OH is 1. The fraction of sp³-hybridized carbons (Fsp3) is 0.231. The van der Waals surface area contributed by atoms with Crippen molar-refractivity contribution in [3.05, 3.63) is 28.7 Å². The highest BCUT2D eigenvalue weighted by Gasteiger charge is 2.12. The molecule has 0 spiro atoms. The summed E-state index contributed by atoms with van der Waals surface area (Å²) in [6.45, 7) is 0.664. The van der Waals surface area contributed by atoms with Gasteiger partial charge < -0.3 is 15.7 Å². The highest BCUT2D eigenvalue weighted by atomic mass is 79.9. The van der Waals surface area contributed by atoms with Crippen LogP contribution in [-0.2, 0) is 0 Å². The number of benzene rings is 1. The van der Waals surface area contributed by atoms with Gasteiger partial charge in [-0.2, -0.15) is 0 Å². The molecule has 0 fully saturated rings. The maximum absolute atomic E-state index is 8.88. The van der Waals surface area contributed by atoms with E-state index in [4.69, 9.17) is 5.11 Å². The van der Waals surface area contributed by atoms with Crippen molar-refractivity contribution in [2.24, 2.45) is 0 Å². The van der Waals surface area contributed by atoms with Gasteiger partial charge in [0.05, 0.1) is 0 Å². The molecule has 0 aliphatic carbocycles. The number of hydrogen-bond donors (Lipinski definition) is 3. The molecule has 8 nitrogen and oxygen atoms in total. The SMILES string of the molecule is OCCCNc1nc2nonc2nc1Nc1cccc(Br)c1. The van der Waals surface area contributed by atoms with Gasteiger partial charge in [-0.1, -0.05) is 22.0 Å². The molecular formula is C13H13BrN6O2. The van der Waals surface area contributed by atoms with E-state index in [9.17, 15) is 0 Å². The number of anilines is 3. The molecule has 0 aliphatic rings. The van der Waals surface area contributed by atoms with Crippen molar-refractivity contribution < 1.29 is 9.74 Å². The first-order valence-electron chi connectivity index (χ1n) is 6.64. The second-order valence-electron chi connectivity index (χ2n) is 4.47. The zero-order valence-electron chi connectivity index (χ0n) is 11.5. The molecule has 0 aliphatic heterocycles. The minimum atomic E-state index is 0.0998. The maximum Gasteiger partial charge on any atom is 0.245 e. The number of aliphatic hydroxyl groups is 1. The van der Waals surface area contributed by atoms with Crippen molar-refractivity contribution >= 4 is 44.5 Å². The average Bonchev–Trinajstić information content (AvgIpc) is 2.95. The van der Waals surface area contributed by atoms with E-state index in [2.05, 4.69) is 51.5 Å². The lowest BCUT2D eigenvalue weighted by atomic mass is 10.3. The van der Waals surface area contributed by atoms with Gasteiger partial charge in [0.15, 0.2) is 11.6 Å². The van der Waals surface area contributed by atoms with Crippen molar-refractivity contribution in [3.8, 4) is 0 Å². The maximum atomic E-state index is 8.88. The number of rotatable bonds is 6. The van der Waals surface area contributed by atoms with Gasteiger partial charge in [0, 0.05) is 23.3 Å². The van der Waals surface area contributed by atoms with Crippen LogP contribution in [0.2, 0.25) is 0 Å². The molecule has 2 heterocycles. The first kappa shape index (κ1) is 14.7. The fourth-order valence-electron chi connectivity index (χ4n) is 1.84. The first-order valence-corrected chi connectivity index (χ1v) is 7.43. The molecular weight excluding hydrogens is 352 g/mol. The zero-order chi connectivity index (χ0) is 15.4. The molecule has 3 rings (SSSR count). The number of aromatic nitrogens is 4. The Balaban J connectivity index is 1.92. The Hall–Kier alpha value is -2.26. The fourth-order valence-corrected chi connectivity index (χ4v) is 2.24. The summed E-state index contributed by atoms with van der Waals surface area (Å²) in [7, 11) is 0. The van der Waals surface area contributed by atoms with Crippen LogP contribution in [0.4, 0.5) is 17.3 Å². The van der Waals surface area contributed by atoms with Crippen molar-refractivity contribution in [2.45, 2.75) is 6.42 Å². The molecule has 22 heavy (non-hydrogen) atoms. The molecule has 9 heteroatoms. The van der Waals surface area contributed by atoms with E-state index in [-0.39, 0.29) is 6.61 Å². The molecule has 0 saturated carbocycles. The Morgan fingerprint density at radius 2 is 1.91 bits per heavy atom. The van der Waals surface area contributed by atoms with E-state index in [0.29, 0.717) is 35.9 Å². The van der Waals surface area contributed by atoms with E-state index < -0.39 is 0 Å². The van der Waals surface area contributed by atoms with Gasteiger partial charge in [-0.05, 0) is 34.9 Å². The summed E-state index contributed by atoms with van der Waals surface area (Å²) in [6.07, 6.45) is 0.604. The van der Waals surface area contributed by atoms with Crippen LogP contribution in [0.25, 0.3) is 11.3 Å². The number of fused-ring (bicyclic) bond motifs is 1. The Labute approximate surface area is 134 Å². The molecule has 0 atom stereocenters. The Kier molecular flexibility index (Phi) is 4.45. The topological polar surface area (TPSA) is 109 Å². The summed E-state index contributed by atoms with van der Waals surface area (Å²) in [5.74, 6) is 1.04. The second-order valence-corrected chi connectivity index (χ2v) is 5.39. The predicted molar refractivity (Wildman–Crippen MR) is 85.0 cm³/mol. The van der Waals surface area contributed by atoms with Crippen LogP contribution in [0, 0.1) is 0 Å². The number of halogens is 1. The Morgan fingerprint density at radius 1 is 1.14 bits per heavy atom. The van der Waals surface area contributed by atoms with Crippen LogP contribution >= 0.6 is 15.9 Å². The van der Waals surface area contributed by atoms with Crippen LogP contribution < -0.4 is 10.6 Å². The third-order valence-electron chi connectivity index (χ3n) is 2.83. The predicted octanol–water partition coefficient (Wildman–Crippen LogP) is 2.31. The van der Waals surface area contributed by atoms with E-state index in [1.54, 1.807) is 0 Å². The smallest absolute Gasteiger partial charge is 0.245 e. The molecule has 114 valence electrons. The number of nitrogens with one attached hydrogen (secondary N) is 2. The van der Waals surface area contributed by atoms with Crippen molar-refractivity contribution in [2.75, 3.05) is 23.8 Å². The summed E-state index contributed by atoms with van der Waals surface area (Å²) < 4.78 is 5.59. The van der Waals surface area contributed by atoms with Gasteiger partial charge in [-0.3, -0.25) is 0 Å². The van der Waals surface area contributed by atoms with Gasteiger partial charge in [0.2, 0.25) is 11.3 Å². The molecule has 2 aromatic heterocycles. The van der Waals surface area contributed by atoms with Crippen LogP contribution in [0.15, 0.2) is 33.4 Å². The monoisotopic (exact) mass is 364 g/mol. The van der Waals surface area contributed by atoms with Crippen LogP contribution in [0.1, 0.15) is 6.42 Å². The molecule has 0 bridgehead atoms. The minimum Gasteiger partial charge on any atom is -0.396 e. The molecule has 0 saturated heterocycles. The van der Waals surface area contributed by atoms with E-state index in [0.717, 1.165) is 10.2 Å². The molecule has 0 unspecified atom stereocenters. The molecule has 0 radical (unpaired) electrons. The van der Waals surface area contributed by atoms with Crippen molar-refractivity contribution in [1.82, 2.24) is 20.3 Å². The minimum absolute atomic E-state index is 0.0998. The quantitative estimate of drug-likeness (QED) is 0.571. The Bertz CT molecular complexity index is 778. The lowest BCUT2D eigenvalue weighted by Crippen LogP contribution is -2.09. The van der Waals surface area contributed by atoms with E-state index in [1.807, 2.05) is 24.3 Å². The third-order valence-corrected chi connectivity index (χ3v) is 3.32. The standard InChI is InChI=1S/C13H13BrN6O2/c14-8-3-1-4-9(7-8)16-11-10(15-5-2-6-21)17-12-13(18-11)20-22-19-12/h1,3-4,7,21H,2,5-6H2,(H,15,17,19)(H,16,18,20). The summed E-state index contributed by atoms with van der Waals surface area (Å²) in [4.78, 5) is 8.69. The summed E-state index contributed by atoms with van der Waals surface area (Å²) in [6, 6.07) is 7.68. The van der Waals surface area contributed by atoms with Gasteiger partial charge in [-0.15, -0.1) is 0 Å². The molecule has 3 N–H and O–H groups in total. The molecule has 3 aromatic rings. The van der Waals surface area contributed by atoms with Gasteiger partial charge in [-0.25, -0.2) is 14.6 Å². The summed E-state index contributed by atoms with van der Waals surface area (Å²) >= 11 is 3.42. The van der Waals surface area contributed by atoms with Crippen LogP contribution in [-0.4, -0.2) is 38.5 Å². The van der Waals surface area contributed by atoms with Crippen LogP contribution in [0.5, 0.6) is 0 Å². The lowest BCUT2D eigenvalue weighted by molar-refractivity contribution is 0.292. The molecule has 0 amide bonds. The van der Waals surface area contributed by atoms with Gasteiger partial charge >= 0.3 is 0 Å². The zero-order valence-corrected chi connectivity index (χ0v) is 13.0. The van der Waals surface area contributed by atoms with Crippen LogP contribution in [0.3, 0.4) is 0 Å². The third kappa shape index (κ3) is 3.31. The first-order chi connectivity index (χ1) is 10.8. The highest BCUT2D eigenvalue weighted by Crippen LogP contribution is 2.25. The van der Waals surface area contributed by atoms with Crippen molar-refractivity contribution in [3.63, 3.8) is 0 Å². The summed E-state index contributed by atoms with van der Waals surface area (Å²) in [5, 5.41) is 22.6. The average molecular weight is 365 g/mol. The largest absolute Gasteiger partial charge is 0.396 e.